The maximum atomic E-state index is 13.6. The van der Waals surface area contributed by atoms with Gasteiger partial charge in [-0.05, 0) is 0 Å². The first-order chi connectivity index (χ1) is 9.06. The average Bonchev–Trinajstić information content (AvgIpc) is 2.38. The van der Waals surface area contributed by atoms with Gasteiger partial charge in [0.2, 0.25) is 0 Å². The molecule has 0 saturated heterocycles. The fourth-order valence-electron chi connectivity index (χ4n) is 1.85. The van der Waals surface area contributed by atoms with E-state index in [2.05, 4.69) is 28.6 Å². The Bertz CT molecular complexity index is 581. The summed E-state index contributed by atoms with van der Waals surface area (Å²) in [6.07, 6.45) is 8.78. The van der Waals surface area contributed by atoms with Crippen LogP contribution in [0.5, 0.6) is 5.75 Å². The summed E-state index contributed by atoms with van der Waals surface area (Å²) in [4.78, 5) is 0. The molecule has 0 fully saturated rings. The fourth-order valence-corrected chi connectivity index (χ4v) is 1.85. The second-order valence-electron chi connectivity index (χ2n) is 4.10. The first kappa shape index (κ1) is 16.9. The zero-order valence-electron chi connectivity index (χ0n) is 11.0. The summed E-state index contributed by atoms with van der Waals surface area (Å²) in [6.45, 7) is 3.79. The van der Waals surface area contributed by atoms with Crippen molar-refractivity contribution in [2.75, 3.05) is 7.11 Å². The van der Waals surface area contributed by atoms with Crippen molar-refractivity contribution >= 4 is 5.70 Å². The normalized spacial score (nSPS) is 17.4. The maximum Gasteiger partial charge on any atom is 0.187 e. The van der Waals surface area contributed by atoms with Gasteiger partial charge < -0.3 is 10.1 Å². The van der Waals surface area contributed by atoms with Gasteiger partial charge in [-0.2, -0.15) is 0 Å². The van der Waals surface area contributed by atoms with Crippen molar-refractivity contribution in [3.8, 4) is 18.1 Å². The SMILES string of the molecule is C#CC1C[C-]=C(c2cc(F)c(OC)c(F)c2)NC1=C.[Y]. The molecule has 0 bridgehead atoms. The van der Waals surface area contributed by atoms with Crippen LogP contribution in [0.25, 0.3) is 5.70 Å². The van der Waals surface area contributed by atoms with E-state index in [1.54, 1.807) is 0 Å². The smallest absolute Gasteiger partial charge is 0.187 e. The van der Waals surface area contributed by atoms with Gasteiger partial charge in [-0.15, -0.1) is 17.7 Å². The molecule has 1 aliphatic heterocycles. The number of hydrogen-bond donors (Lipinski definition) is 1. The molecule has 1 atom stereocenters. The van der Waals surface area contributed by atoms with Crippen LogP contribution >= 0.6 is 0 Å². The third-order valence-corrected chi connectivity index (χ3v) is 2.88. The fraction of sp³-hybridized carbons (Fsp3) is 0.200. The summed E-state index contributed by atoms with van der Waals surface area (Å²) in [5.41, 5.74) is 1.43. The quantitative estimate of drug-likeness (QED) is 0.655. The number of ether oxygens (including phenoxy) is 1. The van der Waals surface area contributed by atoms with Crippen LogP contribution < -0.4 is 10.1 Å². The predicted octanol–water partition coefficient (Wildman–Crippen LogP) is 2.87. The third kappa shape index (κ3) is 3.28. The molecule has 1 N–H and O–H groups in total. The van der Waals surface area contributed by atoms with E-state index in [1.165, 1.54) is 19.2 Å². The van der Waals surface area contributed by atoms with E-state index in [4.69, 9.17) is 6.42 Å². The van der Waals surface area contributed by atoms with E-state index in [9.17, 15) is 8.78 Å². The van der Waals surface area contributed by atoms with Crippen molar-refractivity contribution in [3.63, 3.8) is 0 Å². The molecule has 2 nitrogen and oxygen atoms in total. The van der Waals surface area contributed by atoms with E-state index in [0.717, 1.165) is 0 Å². The number of benzene rings is 1. The van der Waals surface area contributed by atoms with Gasteiger partial charge in [0.1, 0.15) is 0 Å². The standard InChI is InChI=1S/C15H12F2NO.Y/c1-4-10-5-6-14(18-9(10)2)11-7-12(16)15(19-3)13(17)8-11;/h1,7-8,10,18H,2,5H2,3H3;/q-1;. The molecule has 0 amide bonds. The number of hydrogen-bond acceptors (Lipinski definition) is 2. The second-order valence-corrected chi connectivity index (χ2v) is 4.10. The van der Waals surface area contributed by atoms with E-state index in [0.29, 0.717) is 23.4 Å². The number of allylic oxidation sites excluding steroid dienone is 2. The predicted molar refractivity (Wildman–Crippen MR) is 68.8 cm³/mol. The van der Waals surface area contributed by atoms with Gasteiger partial charge in [0.15, 0.2) is 17.4 Å². The van der Waals surface area contributed by atoms with Gasteiger partial charge >= 0.3 is 0 Å². The van der Waals surface area contributed by atoms with Gasteiger partial charge in [0.25, 0.3) is 0 Å². The summed E-state index contributed by atoms with van der Waals surface area (Å²) < 4.78 is 31.9. The van der Waals surface area contributed by atoms with E-state index in [1.807, 2.05) is 0 Å². The van der Waals surface area contributed by atoms with Crippen LogP contribution in [0.3, 0.4) is 0 Å². The number of halogens is 2. The molecule has 20 heavy (non-hydrogen) atoms. The van der Waals surface area contributed by atoms with Gasteiger partial charge in [-0.1, -0.05) is 31.1 Å². The molecule has 0 aromatic heterocycles. The van der Waals surface area contributed by atoms with Crippen LogP contribution in [0.2, 0.25) is 0 Å². The molecule has 1 aliphatic rings. The Kier molecular flexibility index (Phi) is 5.92. The molecule has 1 aromatic carbocycles. The summed E-state index contributed by atoms with van der Waals surface area (Å²) in [5.74, 6) is 0.472. The molecule has 5 heteroatoms. The Morgan fingerprint density at radius 3 is 2.50 bits per heavy atom. The van der Waals surface area contributed by atoms with Crippen molar-refractivity contribution in [1.29, 1.82) is 0 Å². The van der Waals surface area contributed by atoms with Gasteiger partial charge in [-0.25, -0.2) is 14.9 Å². The second kappa shape index (κ2) is 7.01. The molecule has 1 unspecified atom stereocenters. The third-order valence-electron chi connectivity index (χ3n) is 2.88. The Morgan fingerprint density at radius 1 is 1.45 bits per heavy atom. The molecule has 1 aromatic rings. The number of terminal acetylenes is 1. The molecule has 0 spiro atoms. The first-order valence-electron chi connectivity index (χ1n) is 5.63. The molecule has 1 heterocycles. The summed E-state index contributed by atoms with van der Waals surface area (Å²) in [7, 11) is 1.21. The Hall–Kier alpha value is -1.18. The summed E-state index contributed by atoms with van der Waals surface area (Å²) in [6, 6.07) is 2.36. The largest absolute Gasteiger partial charge is 0.491 e. The van der Waals surface area contributed by atoms with Gasteiger partial charge in [-0.3, -0.25) is 0 Å². The molecule has 0 aliphatic carbocycles. The topological polar surface area (TPSA) is 21.3 Å². The summed E-state index contributed by atoms with van der Waals surface area (Å²) >= 11 is 0. The minimum Gasteiger partial charge on any atom is -0.491 e. The Labute approximate surface area is 142 Å². The minimum atomic E-state index is -0.765. The van der Waals surface area contributed by atoms with Crippen LogP contribution in [0.4, 0.5) is 8.78 Å². The van der Waals surface area contributed by atoms with Crippen LogP contribution in [-0.2, 0) is 32.7 Å². The Balaban J connectivity index is 0.00000200. The van der Waals surface area contributed by atoms with Crippen molar-refractivity contribution in [2.45, 2.75) is 6.42 Å². The van der Waals surface area contributed by atoms with Crippen molar-refractivity contribution < 1.29 is 46.2 Å². The minimum absolute atomic E-state index is 0. The maximum absolute atomic E-state index is 13.6. The van der Waals surface area contributed by atoms with E-state index < -0.39 is 17.4 Å². The average molecular weight is 349 g/mol. The monoisotopic (exact) mass is 349 g/mol. The van der Waals surface area contributed by atoms with Crippen molar-refractivity contribution in [2.24, 2.45) is 5.92 Å². The zero-order chi connectivity index (χ0) is 14.0. The molecule has 1 radical (unpaired) electrons. The molecule has 0 saturated carbocycles. The molecule has 2 rings (SSSR count). The zero-order valence-corrected chi connectivity index (χ0v) is 13.8. The number of rotatable bonds is 2. The van der Waals surface area contributed by atoms with Crippen LogP contribution in [0.1, 0.15) is 12.0 Å². The van der Waals surface area contributed by atoms with Crippen LogP contribution in [0.15, 0.2) is 24.4 Å². The van der Waals surface area contributed by atoms with Crippen LogP contribution in [-0.4, -0.2) is 7.11 Å². The first-order valence-corrected chi connectivity index (χ1v) is 5.63. The summed E-state index contributed by atoms with van der Waals surface area (Å²) in [5, 5.41) is 2.92. The molecular weight excluding hydrogens is 337 g/mol. The molecule has 101 valence electrons. The van der Waals surface area contributed by atoms with Crippen LogP contribution in [0, 0.1) is 36.0 Å². The number of methoxy groups -OCH3 is 1. The van der Waals surface area contributed by atoms with E-state index >= 15 is 0 Å². The van der Waals surface area contributed by atoms with Crippen molar-refractivity contribution in [1.82, 2.24) is 5.32 Å². The van der Waals surface area contributed by atoms with Gasteiger partial charge in [0.05, 0.1) is 7.11 Å². The molecular formula is C15H12F2NOY-. The number of nitrogens with one attached hydrogen (secondary N) is 1. The van der Waals surface area contributed by atoms with Gasteiger partial charge in [0, 0.05) is 44.3 Å². The Morgan fingerprint density at radius 2 is 2.05 bits per heavy atom. The van der Waals surface area contributed by atoms with Crippen molar-refractivity contribution in [3.05, 3.63) is 47.7 Å². The van der Waals surface area contributed by atoms with E-state index in [-0.39, 0.29) is 38.6 Å².